The first-order valence-corrected chi connectivity index (χ1v) is 6.72. The maximum Gasteiger partial charge on any atom is 0.233 e. The molecule has 108 valence electrons. The summed E-state index contributed by atoms with van der Waals surface area (Å²) in [5.41, 5.74) is 2.79. The zero-order valence-electron chi connectivity index (χ0n) is 12.3. The molecule has 21 heavy (non-hydrogen) atoms. The fourth-order valence-corrected chi connectivity index (χ4v) is 2.40. The molecule has 0 aliphatic rings. The van der Waals surface area contributed by atoms with Crippen molar-refractivity contribution in [3.8, 4) is 0 Å². The Kier molecular flexibility index (Phi) is 3.21. The van der Waals surface area contributed by atoms with Gasteiger partial charge in [0.15, 0.2) is 0 Å². The monoisotopic (exact) mass is 283 g/mol. The third kappa shape index (κ3) is 2.40. The Bertz CT molecular complexity index is 801. The number of imidazole rings is 1. The van der Waals surface area contributed by atoms with E-state index in [2.05, 4.69) is 10.1 Å². The number of carbonyl (C=O) groups excluding carboxylic acids is 1. The van der Waals surface area contributed by atoms with Crippen LogP contribution in [0.3, 0.4) is 0 Å². The van der Waals surface area contributed by atoms with Gasteiger partial charge in [0.25, 0.3) is 0 Å². The predicted octanol–water partition coefficient (Wildman–Crippen LogP) is 1.51. The Balaban J connectivity index is 1.87. The number of amides is 1. The van der Waals surface area contributed by atoms with Crippen molar-refractivity contribution in [1.29, 1.82) is 0 Å². The number of rotatable bonds is 3. The highest BCUT2D eigenvalue weighted by molar-refractivity contribution is 5.94. The molecule has 0 fully saturated rings. The lowest BCUT2D eigenvalue weighted by molar-refractivity contribution is -0.117. The van der Waals surface area contributed by atoms with Crippen molar-refractivity contribution in [1.82, 2.24) is 19.3 Å². The summed E-state index contributed by atoms with van der Waals surface area (Å²) in [6.07, 6.45) is 3.87. The first-order chi connectivity index (χ1) is 10.1. The van der Waals surface area contributed by atoms with Gasteiger partial charge in [-0.3, -0.25) is 14.4 Å². The average Bonchev–Trinajstić information content (AvgIpc) is 3.03. The molecule has 1 amide bonds. The number of fused-ring (bicyclic) bond motifs is 1. The maximum atomic E-state index is 12.4. The van der Waals surface area contributed by atoms with E-state index in [1.165, 1.54) is 0 Å². The van der Waals surface area contributed by atoms with Crippen molar-refractivity contribution < 1.29 is 4.79 Å². The molecule has 3 aromatic rings. The van der Waals surface area contributed by atoms with Gasteiger partial charge >= 0.3 is 0 Å². The molecule has 0 bridgehead atoms. The minimum absolute atomic E-state index is 0.0126. The van der Waals surface area contributed by atoms with Crippen LogP contribution in [0, 0.1) is 0 Å². The summed E-state index contributed by atoms with van der Waals surface area (Å²) in [6.45, 7) is 0. The smallest absolute Gasteiger partial charge is 0.233 e. The number of aromatic nitrogens is 4. The summed E-state index contributed by atoms with van der Waals surface area (Å²) in [5.74, 6) is 0.631. The zero-order chi connectivity index (χ0) is 15.0. The van der Waals surface area contributed by atoms with Gasteiger partial charge in [0.1, 0.15) is 0 Å². The van der Waals surface area contributed by atoms with Gasteiger partial charge in [-0.05, 0) is 17.7 Å². The minimum atomic E-state index is -0.0126. The molecule has 0 atom stereocenters. The largest absolute Gasteiger partial charge is 0.313 e. The van der Waals surface area contributed by atoms with Crippen molar-refractivity contribution in [3.05, 3.63) is 42.2 Å². The molecule has 3 rings (SSSR count). The average molecular weight is 283 g/mol. The van der Waals surface area contributed by atoms with Gasteiger partial charge in [-0.25, -0.2) is 4.98 Å². The van der Waals surface area contributed by atoms with Crippen LogP contribution >= 0.6 is 0 Å². The van der Waals surface area contributed by atoms with Crippen LogP contribution < -0.4 is 4.90 Å². The number of carbonyl (C=O) groups is 1. The van der Waals surface area contributed by atoms with E-state index in [0.29, 0.717) is 12.4 Å². The van der Waals surface area contributed by atoms with Crippen molar-refractivity contribution in [2.75, 3.05) is 11.9 Å². The second kappa shape index (κ2) is 5.05. The van der Waals surface area contributed by atoms with E-state index in [-0.39, 0.29) is 5.91 Å². The standard InChI is InChI=1S/C15H17N5O/c1-18-10-11(9-16-18)8-14(21)20(3)15-17-12-6-4-5-7-13(12)19(15)2/h4-7,9-10H,8H2,1-3H3. The molecule has 0 N–H and O–H groups in total. The Morgan fingerprint density at radius 1 is 1.29 bits per heavy atom. The maximum absolute atomic E-state index is 12.4. The third-order valence-electron chi connectivity index (χ3n) is 3.55. The molecule has 0 aliphatic heterocycles. The summed E-state index contributed by atoms with van der Waals surface area (Å²) in [7, 11) is 5.50. The van der Waals surface area contributed by atoms with E-state index in [0.717, 1.165) is 16.6 Å². The van der Waals surface area contributed by atoms with Crippen LogP contribution in [-0.2, 0) is 25.3 Å². The lowest BCUT2D eigenvalue weighted by atomic mass is 10.2. The van der Waals surface area contributed by atoms with Crippen LogP contribution in [0.2, 0.25) is 0 Å². The van der Waals surface area contributed by atoms with Crippen molar-refractivity contribution in [3.63, 3.8) is 0 Å². The fourth-order valence-electron chi connectivity index (χ4n) is 2.40. The van der Waals surface area contributed by atoms with E-state index in [1.54, 1.807) is 22.8 Å². The molecule has 2 heterocycles. The Hall–Kier alpha value is -2.63. The summed E-state index contributed by atoms with van der Waals surface area (Å²) >= 11 is 0. The Labute approximate surface area is 122 Å². The highest BCUT2D eigenvalue weighted by Crippen LogP contribution is 2.20. The number of anilines is 1. The Morgan fingerprint density at radius 3 is 2.71 bits per heavy atom. The summed E-state index contributed by atoms with van der Waals surface area (Å²) < 4.78 is 3.62. The predicted molar refractivity (Wildman–Crippen MR) is 81.0 cm³/mol. The second-order valence-electron chi connectivity index (χ2n) is 5.11. The van der Waals surface area contributed by atoms with E-state index in [1.807, 2.05) is 49.1 Å². The molecule has 0 saturated heterocycles. The number of aryl methyl sites for hydroxylation is 2. The van der Waals surface area contributed by atoms with Crippen molar-refractivity contribution in [2.45, 2.75) is 6.42 Å². The lowest BCUT2D eigenvalue weighted by Crippen LogP contribution is -2.30. The molecule has 6 heteroatoms. The quantitative estimate of drug-likeness (QED) is 0.732. The van der Waals surface area contributed by atoms with Crippen LogP contribution in [0.25, 0.3) is 11.0 Å². The van der Waals surface area contributed by atoms with Crippen molar-refractivity contribution in [2.24, 2.45) is 14.1 Å². The molecule has 0 unspecified atom stereocenters. The second-order valence-corrected chi connectivity index (χ2v) is 5.11. The number of likely N-dealkylation sites (N-methyl/N-ethyl adjacent to an activating group) is 1. The molecular weight excluding hydrogens is 266 g/mol. The SMILES string of the molecule is CN(C(=O)Cc1cnn(C)c1)c1nc2ccccc2n1C. The zero-order valence-corrected chi connectivity index (χ0v) is 12.3. The van der Waals surface area contributed by atoms with Gasteiger partial charge < -0.3 is 4.57 Å². The third-order valence-corrected chi connectivity index (χ3v) is 3.55. The number of hydrogen-bond donors (Lipinski definition) is 0. The van der Waals surface area contributed by atoms with Gasteiger partial charge in [0, 0.05) is 27.3 Å². The number of nitrogens with zero attached hydrogens (tertiary/aromatic N) is 5. The van der Waals surface area contributed by atoms with E-state index in [4.69, 9.17) is 0 Å². The molecule has 0 radical (unpaired) electrons. The first kappa shape index (κ1) is 13.4. The summed E-state index contributed by atoms with van der Waals surface area (Å²) in [6, 6.07) is 7.84. The van der Waals surface area contributed by atoms with E-state index >= 15 is 0 Å². The van der Waals surface area contributed by atoms with Gasteiger partial charge in [0.2, 0.25) is 11.9 Å². The topological polar surface area (TPSA) is 56.0 Å². The number of para-hydroxylation sites is 2. The lowest BCUT2D eigenvalue weighted by Gasteiger charge is -2.15. The molecule has 1 aromatic carbocycles. The molecule has 6 nitrogen and oxygen atoms in total. The molecule has 0 saturated carbocycles. The summed E-state index contributed by atoms with van der Waals surface area (Å²) in [4.78, 5) is 18.5. The van der Waals surface area contributed by atoms with E-state index < -0.39 is 0 Å². The highest BCUT2D eigenvalue weighted by atomic mass is 16.2. The van der Waals surface area contributed by atoms with Crippen LogP contribution in [0.4, 0.5) is 5.95 Å². The van der Waals surface area contributed by atoms with Crippen molar-refractivity contribution >= 4 is 22.9 Å². The van der Waals surface area contributed by atoms with Crippen LogP contribution in [0.1, 0.15) is 5.56 Å². The fraction of sp³-hybridized carbons (Fsp3) is 0.267. The first-order valence-electron chi connectivity index (χ1n) is 6.72. The Morgan fingerprint density at radius 2 is 2.05 bits per heavy atom. The minimum Gasteiger partial charge on any atom is -0.313 e. The number of hydrogen-bond acceptors (Lipinski definition) is 3. The normalized spacial score (nSPS) is 11.0. The van der Waals surface area contributed by atoms with Crippen LogP contribution in [-0.4, -0.2) is 32.3 Å². The van der Waals surface area contributed by atoms with Gasteiger partial charge in [-0.15, -0.1) is 0 Å². The molecule has 0 aliphatic carbocycles. The van der Waals surface area contributed by atoms with Gasteiger partial charge in [0.05, 0.1) is 23.7 Å². The highest BCUT2D eigenvalue weighted by Gasteiger charge is 2.18. The summed E-state index contributed by atoms with van der Waals surface area (Å²) in [5, 5.41) is 4.08. The molecule has 2 aromatic heterocycles. The number of benzene rings is 1. The molecule has 0 spiro atoms. The van der Waals surface area contributed by atoms with Gasteiger partial charge in [-0.1, -0.05) is 12.1 Å². The van der Waals surface area contributed by atoms with Crippen LogP contribution in [0.5, 0.6) is 0 Å². The van der Waals surface area contributed by atoms with Crippen LogP contribution in [0.15, 0.2) is 36.7 Å². The van der Waals surface area contributed by atoms with Gasteiger partial charge in [-0.2, -0.15) is 5.10 Å². The van der Waals surface area contributed by atoms with E-state index in [9.17, 15) is 4.79 Å². The molecular formula is C15H17N5O.